The maximum atomic E-state index is 11.9. The van der Waals surface area contributed by atoms with Gasteiger partial charge in [0.2, 0.25) is 0 Å². The van der Waals surface area contributed by atoms with E-state index in [9.17, 15) is 9.90 Å². The molecule has 0 unspecified atom stereocenters. The van der Waals surface area contributed by atoms with Gasteiger partial charge in [-0.2, -0.15) is 0 Å². The van der Waals surface area contributed by atoms with Crippen LogP contribution in [0.1, 0.15) is 113 Å². The number of ether oxygens (including phenoxy) is 1. The van der Waals surface area contributed by atoms with Crippen molar-refractivity contribution in [3.05, 3.63) is 12.2 Å². The fourth-order valence-electron chi connectivity index (χ4n) is 11.9. The highest BCUT2D eigenvalue weighted by Gasteiger charge is 2.70. The molecule has 3 heteroatoms. The summed E-state index contributed by atoms with van der Waals surface area (Å²) in [5.74, 6) is 2.95. The zero-order valence-corrected chi connectivity index (χ0v) is 23.9. The molecule has 3 nitrogen and oxygen atoms in total. The first kappa shape index (κ1) is 25.8. The zero-order chi connectivity index (χ0) is 25.8. The largest absolute Gasteiger partial charge is 0.462 e. The summed E-state index contributed by atoms with van der Waals surface area (Å²) >= 11 is 0. The van der Waals surface area contributed by atoms with Gasteiger partial charge in [-0.25, -0.2) is 0 Å². The van der Waals surface area contributed by atoms with E-state index in [0.29, 0.717) is 39.9 Å². The van der Waals surface area contributed by atoms with Crippen LogP contribution in [0.3, 0.4) is 0 Å². The number of hydrogen-bond donors (Lipinski definition) is 1. The van der Waals surface area contributed by atoms with Gasteiger partial charge in [-0.1, -0.05) is 55.0 Å². The highest BCUT2D eigenvalue weighted by atomic mass is 16.5. The SMILES string of the molecule is C=C1[C@H](O)C[C@]2(C)CC[C@]3(C)[C@H](CC[C@@H]4[C@@]5(C)CC[C@H](OC(C)=O)C(C)(C)[C@@H]5CC[C@]43C)[C@H]2[C@H]1C. The number of hydrogen-bond acceptors (Lipinski definition) is 3. The first-order valence-corrected chi connectivity index (χ1v) is 14.7. The molecule has 5 aliphatic carbocycles. The van der Waals surface area contributed by atoms with Crippen molar-refractivity contribution >= 4 is 5.97 Å². The zero-order valence-electron chi connectivity index (χ0n) is 23.9. The summed E-state index contributed by atoms with van der Waals surface area (Å²) in [6.45, 7) is 23.5. The molecule has 0 saturated heterocycles. The number of aliphatic hydroxyl groups is 1. The van der Waals surface area contributed by atoms with E-state index >= 15 is 0 Å². The van der Waals surface area contributed by atoms with E-state index in [0.717, 1.165) is 24.3 Å². The summed E-state index contributed by atoms with van der Waals surface area (Å²) in [5.41, 5.74) is 2.32. The van der Waals surface area contributed by atoms with Crippen molar-refractivity contribution in [3.63, 3.8) is 0 Å². The minimum absolute atomic E-state index is 0.0225. The van der Waals surface area contributed by atoms with Crippen LogP contribution in [0.5, 0.6) is 0 Å². The molecule has 5 aliphatic rings. The van der Waals surface area contributed by atoms with Gasteiger partial charge in [-0.15, -0.1) is 0 Å². The quantitative estimate of drug-likeness (QED) is 0.308. The lowest BCUT2D eigenvalue weighted by Gasteiger charge is -2.74. The van der Waals surface area contributed by atoms with Crippen LogP contribution >= 0.6 is 0 Å². The Morgan fingerprint density at radius 2 is 1.60 bits per heavy atom. The third-order valence-electron chi connectivity index (χ3n) is 13.8. The molecule has 0 aliphatic heterocycles. The molecule has 1 N–H and O–H groups in total. The van der Waals surface area contributed by atoms with Crippen LogP contribution in [-0.2, 0) is 9.53 Å². The molecule has 5 rings (SSSR count). The predicted molar refractivity (Wildman–Crippen MR) is 142 cm³/mol. The summed E-state index contributed by atoms with van der Waals surface area (Å²) in [4.78, 5) is 11.9. The van der Waals surface area contributed by atoms with Crippen LogP contribution in [0.4, 0.5) is 0 Å². The monoisotopic (exact) mass is 484 g/mol. The maximum Gasteiger partial charge on any atom is 0.302 e. The van der Waals surface area contributed by atoms with Crippen molar-refractivity contribution in [3.8, 4) is 0 Å². The Morgan fingerprint density at radius 1 is 0.914 bits per heavy atom. The predicted octanol–water partition coefficient (Wildman–Crippen LogP) is 7.57. The number of fused-ring (bicyclic) bond motifs is 7. The lowest BCUT2D eigenvalue weighted by molar-refractivity contribution is -0.255. The van der Waals surface area contributed by atoms with Crippen molar-refractivity contribution in [2.24, 2.45) is 56.7 Å². The lowest BCUT2D eigenvalue weighted by atomic mass is 9.31. The molecule has 0 amide bonds. The van der Waals surface area contributed by atoms with E-state index in [-0.39, 0.29) is 29.0 Å². The topological polar surface area (TPSA) is 46.5 Å². The molecule has 0 spiro atoms. The standard InChI is InChI=1S/C32H52O3/c1-19-20(2)27-22-10-11-25-30(7)14-13-26(35-21(3)33)28(4,5)24(30)12-15-32(25,9)31(22,8)17-16-29(27,6)18-23(19)34/h20,22-27,34H,1,10-18H2,2-9H3/t20-,22+,23+,24-,25+,26-,27+,29-,30-,31+,32+/m0/s1. The van der Waals surface area contributed by atoms with Gasteiger partial charge in [-0.3, -0.25) is 4.79 Å². The Morgan fingerprint density at radius 3 is 2.26 bits per heavy atom. The van der Waals surface area contributed by atoms with Crippen LogP contribution in [0.15, 0.2) is 12.2 Å². The highest BCUT2D eigenvalue weighted by Crippen LogP contribution is 2.77. The van der Waals surface area contributed by atoms with Crippen molar-refractivity contribution in [2.75, 3.05) is 0 Å². The Balaban J connectivity index is 1.50. The summed E-state index contributed by atoms with van der Waals surface area (Å²) in [6, 6.07) is 0. The molecular formula is C32H52O3. The molecule has 0 bridgehead atoms. The van der Waals surface area contributed by atoms with Crippen LogP contribution in [0, 0.1) is 56.7 Å². The molecule has 5 saturated carbocycles. The minimum atomic E-state index is -0.327. The van der Waals surface area contributed by atoms with Crippen molar-refractivity contribution < 1.29 is 14.6 Å². The van der Waals surface area contributed by atoms with Crippen LogP contribution in [0.2, 0.25) is 0 Å². The van der Waals surface area contributed by atoms with Gasteiger partial charge in [0.1, 0.15) is 6.10 Å². The smallest absolute Gasteiger partial charge is 0.302 e. The lowest BCUT2D eigenvalue weighted by Crippen LogP contribution is -2.67. The van der Waals surface area contributed by atoms with E-state index in [1.165, 1.54) is 44.9 Å². The normalized spacial score (nSPS) is 55.1. The molecular weight excluding hydrogens is 432 g/mol. The van der Waals surface area contributed by atoms with E-state index in [1.54, 1.807) is 6.92 Å². The molecule has 0 aromatic rings. The van der Waals surface area contributed by atoms with Gasteiger partial charge >= 0.3 is 5.97 Å². The van der Waals surface area contributed by atoms with Gasteiger partial charge in [0.05, 0.1) is 6.10 Å². The summed E-state index contributed by atoms with van der Waals surface area (Å²) in [6.07, 6.45) is 10.5. The Labute approximate surface area is 214 Å². The average molecular weight is 485 g/mol. The van der Waals surface area contributed by atoms with E-state index in [2.05, 4.69) is 55.0 Å². The van der Waals surface area contributed by atoms with Gasteiger partial charge < -0.3 is 9.84 Å². The number of esters is 1. The fourth-order valence-corrected chi connectivity index (χ4v) is 11.9. The van der Waals surface area contributed by atoms with E-state index in [1.807, 2.05) is 0 Å². The van der Waals surface area contributed by atoms with Crippen molar-refractivity contribution in [2.45, 2.75) is 125 Å². The average Bonchev–Trinajstić information content (AvgIpc) is 2.75. The number of rotatable bonds is 1. The first-order chi connectivity index (χ1) is 16.1. The maximum absolute atomic E-state index is 11.9. The van der Waals surface area contributed by atoms with Gasteiger partial charge in [0.15, 0.2) is 0 Å². The van der Waals surface area contributed by atoms with E-state index in [4.69, 9.17) is 4.74 Å². The molecule has 0 aromatic carbocycles. The second-order valence-corrected chi connectivity index (χ2v) is 15.4. The Hall–Kier alpha value is -0.830. The number of aliphatic hydroxyl groups excluding tert-OH is 1. The van der Waals surface area contributed by atoms with Crippen LogP contribution < -0.4 is 0 Å². The third kappa shape index (κ3) is 3.28. The van der Waals surface area contributed by atoms with Crippen molar-refractivity contribution in [1.29, 1.82) is 0 Å². The minimum Gasteiger partial charge on any atom is -0.462 e. The van der Waals surface area contributed by atoms with Crippen LogP contribution in [-0.4, -0.2) is 23.3 Å². The molecule has 11 atom stereocenters. The van der Waals surface area contributed by atoms with Crippen LogP contribution in [0.25, 0.3) is 0 Å². The number of carbonyl (C=O) groups excluding carboxylic acids is 1. The molecule has 198 valence electrons. The highest BCUT2D eigenvalue weighted by molar-refractivity contribution is 5.66. The molecule has 5 fully saturated rings. The van der Waals surface area contributed by atoms with Gasteiger partial charge in [-0.05, 0) is 115 Å². The van der Waals surface area contributed by atoms with Crippen molar-refractivity contribution in [1.82, 2.24) is 0 Å². The summed E-state index contributed by atoms with van der Waals surface area (Å²) in [7, 11) is 0. The van der Waals surface area contributed by atoms with Gasteiger partial charge in [0, 0.05) is 12.3 Å². The molecule has 35 heavy (non-hydrogen) atoms. The second kappa shape index (κ2) is 7.84. The second-order valence-electron chi connectivity index (χ2n) is 15.4. The molecule has 0 heterocycles. The fraction of sp³-hybridized carbons (Fsp3) is 0.906. The molecule has 0 radical (unpaired) electrons. The Bertz CT molecular complexity index is 906. The summed E-state index contributed by atoms with van der Waals surface area (Å²) < 4.78 is 5.90. The third-order valence-corrected chi connectivity index (χ3v) is 13.8. The van der Waals surface area contributed by atoms with E-state index < -0.39 is 0 Å². The van der Waals surface area contributed by atoms with Gasteiger partial charge in [0.25, 0.3) is 0 Å². The summed E-state index contributed by atoms with van der Waals surface area (Å²) in [5, 5.41) is 10.8. The molecule has 0 aromatic heterocycles. The number of carbonyl (C=O) groups is 1. The first-order valence-electron chi connectivity index (χ1n) is 14.7. The Kier molecular flexibility index (Phi) is 5.78.